The number of hydrogen-bond donors (Lipinski definition) is 2. The van der Waals surface area contributed by atoms with E-state index in [1.807, 2.05) is 31.2 Å². The fraction of sp³-hybridized carbons (Fsp3) is 0.385. The summed E-state index contributed by atoms with van der Waals surface area (Å²) in [5, 5.41) is 0. The Labute approximate surface area is 111 Å². The smallest absolute Gasteiger partial charge is 0.253 e. The zero-order valence-corrected chi connectivity index (χ0v) is 10.8. The molecule has 0 radical (unpaired) electrons. The van der Waals surface area contributed by atoms with E-state index in [0.29, 0.717) is 0 Å². The zero-order valence-electron chi connectivity index (χ0n) is 10.1. The summed E-state index contributed by atoms with van der Waals surface area (Å²) in [5.41, 5.74) is 7.02. The van der Waals surface area contributed by atoms with E-state index in [0.717, 1.165) is 6.42 Å². The molecule has 0 unspecified atom stereocenters. The molecule has 5 heteroatoms. The summed E-state index contributed by atoms with van der Waals surface area (Å²) in [6.07, 6.45) is 0.825. The van der Waals surface area contributed by atoms with E-state index in [2.05, 4.69) is 10.9 Å². The van der Waals surface area contributed by atoms with Crippen LogP contribution in [0.2, 0.25) is 0 Å². The van der Waals surface area contributed by atoms with Crippen molar-refractivity contribution in [3.63, 3.8) is 0 Å². The second kappa shape index (κ2) is 5.40. The van der Waals surface area contributed by atoms with E-state index in [1.165, 1.54) is 11.1 Å². The van der Waals surface area contributed by atoms with Crippen LogP contribution in [0.3, 0.4) is 0 Å². The van der Waals surface area contributed by atoms with Crippen LogP contribution in [0.1, 0.15) is 23.5 Å². The van der Waals surface area contributed by atoms with Crippen LogP contribution in [-0.2, 0) is 9.59 Å². The molecule has 96 valence electrons. The van der Waals surface area contributed by atoms with Gasteiger partial charge in [0.1, 0.15) is 5.88 Å². The molecule has 1 saturated carbocycles. The summed E-state index contributed by atoms with van der Waals surface area (Å²) in [6, 6.07) is 8.17. The molecule has 1 aliphatic carbocycles. The van der Waals surface area contributed by atoms with Gasteiger partial charge in [-0.1, -0.05) is 29.8 Å². The Morgan fingerprint density at radius 2 is 1.94 bits per heavy atom. The minimum Gasteiger partial charge on any atom is -0.273 e. The molecule has 18 heavy (non-hydrogen) atoms. The molecule has 2 rings (SSSR count). The van der Waals surface area contributed by atoms with Gasteiger partial charge in [0, 0.05) is 5.92 Å². The van der Waals surface area contributed by atoms with Crippen LogP contribution in [0.4, 0.5) is 0 Å². The molecule has 0 aromatic heterocycles. The van der Waals surface area contributed by atoms with Gasteiger partial charge >= 0.3 is 0 Å². The number of rotatable bonds is 3. The molecule has 0 bridgehead atoms. The van der Waals surface area contributed by atoms with Crippen LogP contribution in [0.15, 0.2) is 24.3 Å². The van der Waals surface area contributed by atoms with Crippen molar-refractivity contribution in [1.29, 1.82) is 0 Å². The van der Waals surface area contributed by atoms with Gasteiger partial charge in [0.15, 0.2) is 0 Å². The predicted molar refractivity (Wildman–Crippen MR) is 69.0 cm³/mol. The van der Waals surface area contributed by atoms with Gasteiger partial charge in [0.25, 0.3) is 5.91 Å². The fourth-order valence-electron chi connectivity index (χ4n) is 1.92. The van der Waals surface area contributed by atoms with Crippen molar-refractivity contribution in [1.82, 2.24) is 10.9 Å². The van der Waals surface area contributed by atoms with Crippen molar-refractivity contribution in [3.05, 3.63) is 35.4 Å². The van der Waals surface area contributed by atoms with E-state index in [4.69, 9.17) is 11.6 Å². The number of aryl methyl sites for hydroxylation is 1. The summed E-state index contributed by atoms with van der Waals surface area (Å²) >= 11 is 5.31. The molecular weight excluding hydrogens is 252 g/mol. The van der Waals surface area contributed by atoms with E-state index in [9.17, 15) is 9.59 Å². The standard InChI is InChI=1S/C13H15ClN2O2/c1-8-2-4-9(5-3-8)10-6-11(10)13(18)16-15-12(17)7-14/h2-5,10-11H,6-7H2,1H3,(H,15,17)(H,16,18)/t10-,11+/m0/s1. The number of halogens is 1. The number of carbonyl (C=O) groups excluding carboxylic acids is 2. The fourth-order valence-corrected chi connectivity index (χ4v) is 1.99. The van der Waals surface area contributed by atoms with Gasteiger partial charge in [-0.05, 0) is 24.8 Å². The third-order valence-corrected chi connectivity index (χ3v) is 3.32. The van der Waals surface area contributed by atoms with Crippen molar-refractivity contribution in [3.8, 4) is 0 Å². The summed E-state index contributed by atoms with van der Waals surface area (Å²) in [7, 11) is 0. The molecule has 1 aromatic rings. The Bertz CT molecular complexity index is 459. The summed E-state index contributed by atoms with van der Waals surface area (Å²) in [5.74, 6) is -0.509. The van der Waals surface area contributed by atoms with Crippen molar-refractivity contribution in [2.24, 2.45) is 5.92 Å². The third kappa shape index (κ3) is 3.01. The highest BCUT2D eigenvalue weighted by Crippen LogP contribution is 2.47. The molecule has 0 spiro atoms. The van der Waals surface area contributed by atoms with E-state index in [1.54, 1.807) is 0 Å². The molecule has 2 N–H and O–H groups in total. The monoisotopic (exact) mass is 266 g/mol. The van der Waals surface area contributed by atoms with E-state index >= 15 is 0 Å². The molecular formula is C13H15ClN2O2. The first kappa shape index (κ1) is 12.9. The second-order valence-corrected chi connectivity index (χ2v) is 4.80. The van der Waals surface area contributed by atoms with Gasteiger partial charge in [-0.2, -0.15) is 0 Å². The maximum atomic E-state index is 11.7. The predicted octanol–water partition coefficient (Wildman–Crippen LogP) is 1.48. The van der Waals surface area contributed by atoms with Crippen LogP contribution in [-0.4, -0.2) is 17.7 Å². The summed E-state index contributed by atoms with van der Waals surface area (Å²) in [4.78, 5) is 22.6. The number of benzene rings is 1. The highest BCUT2D eigenvalue weighted by atomic mass is 35.5. The molecule has 4 nitrogen and oxygen atoms in total. The van der Waals surface area contributed by atoms with Crippen molar-refractivity contribution in [2.45, 2.75) is 19.3 Å². The van der Waals surface area contributed by atoms with Crippen LogP contribution >= 0.6 is 11.6 Å². The SMILES string of the molecule is Cc1ccc([C@@H]2C[C@H]2C(=O)NNC(=O)CCl)cc1. The van der Waals surface area contributed by atoms with Gasteiger partial charge in [-0.3, -0.25) is 20.4 Å². The first-order valence-corrected chi connectivity index (χ1v) is 6.36. The number of hydrazine groups is 1. The molecule has 0 saturated heterocycles. The quantitative estimate of drug-likeness (QED) is 0.643. The Morgan fingerprint density at radius 3 is 2.56 bits per heavy atom. The highest BCUT2D eigenvalue weighted by Gasteiger charge is 2.43. The Kier molecular flexibility index (Phi) is 3.87. The Balaban J connectivity index is 1.85. The molecule has 2 amide bonds. The molecule has 0 heterocycles. The topological polar surface area (TPSA) is 58.2 Å². The lowest BCUT2D eigenvalue weighted by Gasteiger charge is -2.05. The van der Waals surface area contributed by atoms with Crippen LogP contribution in [0.25, 0.3) is 0 Å². The number of hydrogen-bond acceptors (Lipinski definition) is 2. The van der Waals surface area contributed by atoms with Gasteiger partial charge in [0.2, 0.25) is 5.91 Å². The van der Waals surface area contributed by atoms with Crippen molar-refractivity contribution >= 4 is 23.4 Å². The average molecular weight is 267 g/mol. The van der Waals surface area contributed by atoms with Gasteiger partial charge in [-0.15, -0.1) is 11.6 Å². The van der Waals surface area contributed by atoms with E-state index in [-0.39, 0.29) is 23.6 Å². The summed E-state index contributed by atoms with van der Waals surface area (Å²) < 4.78 is 0. The summed E-state index contributed by atoms with van der Waals surface area (Å²) in [6.45, 7) is 2.03. The lowest BCUT2D eigenvalue weighted by molar-refractivity contribution is -0.128. The molecule has 0 aliphatic heterocycles. The van der Waals surface area contributed by atoms with Crippen molar-refractivity contribution in [2.75, 3.05) is 5.88 Å². The largest absolute Gasteiger partial charge is 0.273 e. The lowest BCUT2D eigenvalue weighted by Crippen LogP contribution is -2.43. The number of alkyl halides is 1. The minimum atomic E-state index is -0.405. The van der Waals surface area contributed by atoms with Crippen LogP contribution in [0, 0.1) is 12.8 Å². The third-order valence-electron chi connectivity index (χ3n) is 3.08. The van der Waals surface area contributed by atoms with E-state index < -0.39 is 5.91 Å². The maximum absolute atomic E-state index is 11.7. The first-order chi connectivity index (χ1) is 8.61. The highest BCUT2D eigenvalue weighted by molar-refractivity contribution is 6.27. The van der Waals surface area contributed by atoms with Crippen LogP contribution in [0.5, 0.6) is 0 Å². The minimum absolute atomic E-state index is 0.0525. The molecule has 1 fully saturated rings. The Hall–Kier alpha value is -1.55. The number of amides is 2. The maximum Gasteiger partial charge on any atom is 0.253 e. The van der Waals surface area contributed by atoms with Crippen LogP contribution < -0.4 is 10.9 Å². The molecule has 1 aliphatic rings. The van der Waals surface area contributed by atoms with Gasteiger partial charge in [0.05, 0.1) is 0 Å². The molecule has 2 atom stereocenters. The first-order valence-electron chi connectivity index (χ1n) is 5.83. The number of nitrogens with one attached hydrogen (secondary N) is 2. The number of carbonyl (C=O) groups is 2. The van der Waals surface area contributed by atoms with Crippen molar-refractivity contribution < 1.29 is 9.59 Å². The molecule has 1 aromatic carbocycles. The zero-order chi connectivity index (χ0) is 13.1. The average Bonchev–Trinajstić information content (AvgIpc) is 3.16. The Morgan fingerprint density at radius 1 is 1.28 bits per heavy atom. The van der Waals surface area contributed by atoms with Gasteiger partial charge in [-0.25, -0.2) is 0 Å². The lowest BCUT2D eigenvalue weighted by atomic mass is 10.1. The normalized spacial score (nSPS) is 21.2. The van der Waals surface area contributed by atoms with Gasteiger partial charge < -0.3 is 0 Å². The second-order valence-electron chi connectivity index (χ2n) is 4.53.